The molecule has 3 aromatic rings. The van der Waals surface area contributed by atoms with Crippen molar-refractivity contribution in [3.63, 3.8) is 0 Å². The first-order valence-corrected chi connectivity index (χ1v) is 10.7. The molecule has 0 bridgehead atoms. The predicted molar refractivity (Wildman–Crippen MR) is 123 cm³/mol. The Kier molecular flexibility index (Phi) is 6.24. The molecule has 0 spiro atoms. The topological polar surface area (TPSA) is 94.4 Å². The molecule has 1 aromatic carbocycles. The van der Waals surface area contributed by atoms with E-state index >= 15 is 0 Å². The number of hydrogen-bond donors (Lipinski definition) is 1. The molecule has 0 amide bonds. The van der Waals surface area contributed by atoms with Crippen LogP contribution in [0.4, 0.5) is 11.9 Å². The highest BCUT2D eigenvalue weighted by Gasteiger charge is 2.26. The first-order chi connectivity index (χ1) is 15.0. The summed E-state index contributed by atoms with van der Waals surface area (Å²) >= 11 is 0. The molecule has 1 saturated heterocycles. The van der Waals surface area contributed by atoms with Gasteiger partial charge in [0.25, 0.3) is 5.56 Å². The van der Waals surface area contributed by atoms with Crippen molar-refractivity contribution in [3.05, 3.63) is 46.2 Å². The van der Waals surface area contributed by atoms with E-state index in [4.69, 9.17) is 20.4 Å². The molecule has 31 heavy (non-hydrogen) atoms. The Labute approximate surface area is 182 Å². The molecule has 1 fully saturated rings. The lowest BCUT2D eigenvalue weighted by molar-refractivity contribution is 0.206. The van der Waals surface area contributed by atoms with E-state index < -0.39 is 0 Å². The zero-order valence-electron chi connectivity index (χ0n) is 18.5. The van der Waals surface area contributed by atoms with E-state index in [1.165, 1.54) is 0 Å². The van der Waals surface area contributed by atoms with Crippen molar-refractivity contribution in [1.82, 2.24) is 19.1 Å². The van der Waals surface area contributed by atoms with E-state index in [2.05, 4.69) is 17.0 Å². The van der Waals surface area contributed by atoms with Crippen LogP contribution >= 0.6 is 0 Å². The van der Waals surface area contributed by atoms with Gasteiger partial charge in [-0.25, -0.2) is 0 Å². The van der Waals surface area contributed by atoms with Gasteiger partial charge in [0.1, 0.15) is 0 Å². The van der Waals surface area contributed by atoms with Crippen LogP contribution in [-0.4, -0.2) is 65.5 Å². The van der Waals surface area contributed by atoms with E-state index in [1.807, 2.05) is 34.7 Å². The van der Waals surface area contributed by atoms with Crippen LogP contribution in [0, 0.1) is 0 Å². The Morgan fingerprint density at radius 3 is 2.74 bits per heavy atom. The molecule has 9 heteroatoms. The summed E-state index contributed by atoms with van der Waals surface area (Å²) in [6.07, 6.45) is 2.01. The first kappa shape index (κ1) is 21.3. The summed E-state index contributed by atoms with van der Waals surface area (Å²) in [5.74, 6) is 1.33. The van der Waals surface area contributed by atoms with Gasteiger partial charge in [-0.15, -0.1) is 0 Å². The quantitative estimate of drug-likeness (QED) is 0.608. The standard InChI is InChI=1S/C22H31N7O2/c1-26(12-13-31-3)21-24-19-18(20(30)27(21)2)29(14-16-8-5-4-6-9-16)22(25-19)28-11-7-10-17(23)15-28/h4-6,8-9,17H,7,10-15,23H2,1-3H3. The number of ether oxygens (including phenoxy) is 1. The summed E-state index contributed by atoms with van der Waals surface area (Å²) in [4.78, 5) is 27.2. The van der Waals surface area contributed by atoms with E-state index in [9.17, 15) is 4.79 Å². The van der Waals surface area contributed by atoms with Crippen LogP contribution in [0.25, 0.3) is 11.2 Å². The molecule has 1 unspecified atom stereocenters. The number of piperidine rings is 1. The van der Waals surface area contributed by atoms with Crippen molar-refractivity contribution in [2.24, 2.45) is 12.8 Å². The summed E-state index contributed by atoms with van der Waals surface area (Å²) < 4.78 is 8.76. The fourth-order valence-corrected chi connectivity index (χ4v) is 4.16. The van der Waals surface area contributed by atoms with Gasteiger partial charge in [-0.3, -0.25) is 13.9 Å². The van der Waals surface area contributed by atoms with E-state index in [1.54, 1.807) is 18.7 Å². The molecule has 1 aliphatic rings. The van der Waals surface area contributed by atoms with Crippen LogP contribution in [0.3, 0.4) is 0 Å². The predicted octanol–water partition coefficient (Wildman–Crippen LogP) is 1.19. The lowest BCUT2D eigenvalue weighted by Crippen LogP contribution is -2.44. The average Bonchev–Trinajstić information content (AvgIpc) is 3.13. The van der Waals surface area contributed by atoms with Gasteiger partial charge in [0.15, 0.2) is 11.2 Å². The summed E-state index contributed by atoms with van der Waals surface area (Å²) in [6, 6.07) is 10.2. The Hall–Kier alpha value is -2.91. The Morgan fingerprint density at radius 1 is 1.26 bits per heavy atom. The van der Waals surface area contributed by atoms with E-state index in [0.717, 1.165) is 37.4 Å². The number of methoxy groups -OCH3 is 1. The van der Waals surface area contributed by atoms with Crippen LogP contribution in [0.15, 0.2) is 35.1 Å². The normalized spacial score (nSPS) is 16.8. The molecular formula is C22H31N7O2. The molecule has 4 rings (SSSR count). The maximum atomic E-state index is 13.5. The lowest BCUT2D eigenvalue weighted by Gasteiger charge is -2.31. The molecule has 3 heterocycles. The van der Waals surface area contributed by atoms with Crippen LogP contribution in [0.5, 0.6) is 0 Å². The van der Waals surface area contributed by atoms with E-state index in [-0.39, 0.29) is 11.6 Å². The first-order valence-electron chi connectivity index (χ1n) is 10.7. The number of imidazole rings is 1. The number of nitrogens with zero attached hydrogens (tertiary/aromatic N) is 6. The zero-order valence-corrected chi connectivity index (χ0v) is 18.5. The third-order valence-corrected chi connectivity index (χ3v) is 5.84. The SMILES string of the molecule is COCCN(C)c1nc2nc(N3CCCC(N)C3)n(Cc3ccccc3)c2c(=O)n1C. The van der Waals surface area contributed by atoms with Crippen molar-refractivity contribution < 1.29 is 4.74 Å². The van der Waals surface area contributed by atoms with E-state index in [0.29, 0.717) is 36.8 Å². The second kappa shape index (κ2) is 9.07. The van der Waals surface area contributed by atoms with Gasteiger partial charge < -0.3 is 20.3 Å². The molecule has 9 nitrogen and oxygen atoms in total. The highest BCUT2D eigenvalue weighted by Crippen LogP contribution is 2.25. The second-order valence-electron chi connectivity index (χ2n) is 8.19. The number of nitrogens with two attached hydrogens (primary N) is 1. The second-order valence-corrected chi connectivity index (χ2v) is 8.19. The number of aromatic nitrogens is 4. The zero-order chi connectivity index (χ0) is 22.0. The van der Waals surface area contributed by atoms with Crippen molar-refractivity contribution in [1.29, 1.82) is 0 Å². The van der Waals surface area contributed by atoms with Gasteiger partial charge in [0.2, 0.25) is 11.9 Å². The summed E-state index contributed by atoms with van der Waals surface area (Å²) in [6.45, 7) is 3.31. The molecule has 2 aromatic heterocycles. The molecule has 0 aliphatic carbocycles. The van der Waals surface area contributed by atoms with Gasteiger partial charge in [-0.2, -0.15) is 9.97 Å². The molecule has 2 N–H and O–H groups in total. The van der Waals surface area contributed by atoms with Crippen molar-refractivity contribution in [2.75, 3.05) is 50.2 Å². The van der Waals surface area contributed by atoms with Crippen LogP contribution in [0.1, 0.15) is 18.4 Å². The minimum Gasteiger partial charge on any atom is -0.383 e. The van der Waals surface area contributed by atoms with Crippen LogP contribution in [-0.2, 0) is 18.3 Å². The summed E-state index contributed by atoms with van der Waals surface area (Å²) in [7, 11) is 5.31. The van der Waals surface area contributed by atoms with Crippen molar-refractivity contribution in [3.8, 4) is 0 Å². The Balaban J connectivity index is 1.85. The molecule has 166 valence electrons. The van der Waals surface area contributed by atoms with Gasteiger partial charge in [-0.05, 0) is 18.4 Å². The third kappa shape index (κ3) is 4.28. The van der Waals surface area contributed by atoms with Crippen LogP contribution < -0.4 is 21.1 Å². The number of fused-ring (bicyclic) bond motifs is 1. The number of hydrogen-bond acceptors (Lipinski definition) is 7. The van der Waals surface area contributed by atoms with Gasteiger partial charge >= 0.3 is 0 Å². The minimum absolute atomic E-state index is 0.102. The monoisotopic (exact) mass is 425 g/mol. The fourth-order valence-electron chi connectivity index (χ4n) is 4.16. The van der Waals surface area contributed by atoms with Gasteiger partial charge in [0, 0.05) is 46.9 Å². The summed E-state index contributed by atoms with van der Waals surface area (Å²) in [5.41, 5.74) is 8.22. The maximum Gasteiger partial charge on any atom is 0.281 e. The largest absolute Gasteiger partial charge is 0.383 e. The van der Waals surface area contributed by atoms with Crippen LogP contribution in [0.2, 0.25) is 0 Å². The maximum absolute atomic E-state index is 13.5. The minimum atomic E-state index is -0.111. The Bertz CT molecular complexity index is 1090. The van der Waals surface area contributed by atoms with Gasteiger partial charge in [-0.1, -0.05) is 30.3 Å². The third-order valence-electron chi connectivity index (χ3n) is 5.84. The molecule has 0 radical (unpaired) electrons. The molecular weight excluding hydrogens is 394 g/mol. The lowest BCUT2D eigenvalue weighted by atomic mass is 10.1. The van der Waals surface area contributed by atoms with Gasteiger partial charge in [0.05, 0.1) is 13.2 Å². The number of anilines is 2. The molecule has 0 saturated carbocycles. The highest BCUT2D eigenvalue weighted by molar-refractivity contribution is 5.76. The number of benzene rings is 1. The van der Waals surface area contributed by atoms with Crippen molar-refractivity contribution >= 4 is 23.1 Å². The van der Waals surface area contributed by atoms with Crippen molar-refractivity contribution in [2.45, 2.75) is 25.4 Å². The smallest absolute Gasteiger partial charge is 0.281 e. The fraction of sp³-hybridized carbons (Fsp3) is 0.500. The number of likely N-dealkylation sites (N-methyl/N-ethyl adjacent to an activating group) is 1. The highest BCUT2D eigenvalue weighted by atomic mass is 16.5. The number of rotatable bonds is 7. The summed E-state index contributed by atoms with van der Waals surface area (Å²) in [5, 5.41) is 0. The molecule has 1 aliphatic heterocycles. The average molecular weight is 426 g/mol. The Morgan fingerprint density at radius 2 is 2.03 bits per heavy atom. The molecule has 1 atom stereocenters.